The summed E-state index contributed by atoms with van der Waals surface area (Å²) in [7, 11) is 0. The van der Waals surface area contributed by atoms with Gasteiger partial charge in [-0.25, -0.2) is 0 Å². The van der Waals surface area contributed by atoms with E-state index in [1.807, 2.05) is 25.1 Å². The first kappa shape index (κ1) is 11.1. The Morgan fingerprint density at radius 1 is 1.56 bits per heavy atom. The lowest BCUT2D eigenvalue weighted by Gasteiger charge is -2.07. The maximum Gasteiger partial charge on any atom is 0.305 e. The second-order valence-electron chi connectivity index (χ2n) is 3.29. The van der Waals surface area contributed by atoms with Gasteiger partial charge >= 0.3 is 6.01 Å². The van der Waals surface area contributed by atoms with E-state index in [-0.39, 0.29) is 0 Å². The van der Waals surface area contributed by atoms with Gasteiger partial charge in [-0.2, -0.15) is 4.98 Å². The number of fused-ring (bicyclic) bond motifs is 1. The van der Waals surface area contributed by atoms with Crippen molar-refractivity contribution in [3.05, 3.63) is 23.8 Å². The van der Waals surface area contributed by atoms with Crippen LogP contribution in [0.15, 0.2) is 22.6 Å². The van der Waals surface area contributed by atoms with Crippen molar-refractivity contribution in [2.75, 3.05) is 11.4 Å². The van der Waals surface area contributed by atoms with Crippen LogP contribution in [0.25, 0.3) is 11.1 Å². The molecule has 2 aromatic rings. The molecular formula is C11H11BrN2O2. The largest absolute Gasteiger partial charge is 0.423 e. The van der Waals surface area contributed by atoms with Crippen molar-refractivity contribution in [1.82, 2.24) is 4.98 Å². The minimum absolute atomic E-state index is 0.348. The van der Waals surface area contributed by atoms with Gasteiger partial charge in [-0.1, -0.05) is 28.1 Å². The Balaban J connectivity index is 2.54. The monoisotopic (exact) mass is 282 g/mol. The zero-order valence-electron chi connectivity index (χ0n) is 8.81. The number of rotatable bonds is 4. The predicted molar refractivity (Wildman–Crippen MR) is 65.7 cm³/mol. The molecule has 0 spiro atoms. The van der Waals surface area contributed by atoms with E-state index in [4.69, 9.17) is 4.42 Å². The number of amides is 1. The minimum atomic E-state index is 0.348. The van der Waals surface area contributed by atoms with Gasteiger partial charge in [-0.3, -0.25) is 9.69 Å². The molecule has 2 rings (SSSR count). The van der Waals surface area contributed by atoms with Crippen LogP contribution >= 0.6 is 15.9 Å². The number of para-hydroxylation sites is 1. The summed E-state index contributed by atoms with van der Waals surface area (Å²) in [5, 5.41) is 0.712. The minimum Gasteiger partial charge on any atom is -0.423 e. The molecule has 0 radical (unpaired) electrons. The summed E-state index contributed by atoms with van der Waals surface area (Å²) in [6.07, 6.45) is 0.721. The highest BCUT2D eigenvalue weighted by Crippen LogP contribution is 2.25. The Hall–Kier alpha value is -1.36. The Morgan fingerprint density at radius 3 is 3.00 bits per heavy atom. The molecule has 1 aromatic carbocycles. The molecule has 0 aliphatic heterocycles. The van der Waals surface area contributed by atoms with Crippen molar-refractivity contribution in [2.24, 2.45) is 0 Å². The number of hydrogen-bond donors (Lipinski definition) is 0. The first-order valence-corrected chi connectivity index (χ1v) is 6.08. The third-order valence-corrected chi connectivity index (χ3v) is 2.95. The number of benzene rings is 1. The molecule has 16 heavy (non-hydrogen) atoms. The van der Waals surface area contributed by atoms with E-state index >= 15 is 0 Å². The molecule has 0 atom stereocenters. The smallest absolute Gasteiger partial charge is 0.305 e. The lowest BCUT2D eigenvalue weighted by atomic mass is 10.2. The van der Waals surface area contributed by atoms with Gasteiger partial charge in [0.15, 0.2) is 5.58 Å². The maximum atomic E-state index is 10.8. The number of oxazole rings is 1. The van der Waals surface area contributed by atoms with E-state index < -0.39 is 0 Å². The van der Waals surface area contributed by atoms with Gasteiger partial charge in [0.05, 0.1) is 0 Å². The third-order valence-electron chi connectivity index (χ3n) is 2.35. The van der Waals surface area contributed by atoms with Crippen LogP contribution in [0.3, 0.4) is 0 Å². The first-order valence-electron chi connectivity index (χ1n) is 4.96. The average Bonchev–Trinajstić information content (AvgIpc) is 2.73. The molecule has 84 valence electrons. The molecule has 0 N–H and O–H groups in total. The van der Waals surface area contributed by atoms with E-state index in [0.717, 1.165) is 17.5 Å². The van der Waals surface area contributed by atoms with Crippen LogP contribution in [0.1, 0.15) is 12.5 Å². The molecule has 5 heteroatoms. The highest BCUT2D eigenvalue weighted by molar-refractivity contribution is 9.08. The normalized spacial score (nSPS) is 10.6. The standard InChI is InChI=1S/C11H11BrN2O2/c1-2-14(7-15)11-13-10-8(6-12)4-3-5-9(10)16-11/h3-5,7H,2,6H2,1H3. The molecule has 4 nitrogen and oxygen atoms in total. The number of aromatic nitrogens is 1. The SMILES string of the molecule is CCN(C=O)c1nc2c(CBr)cccc2o1. The van der Waals surface area contributed by atoms with Crippen molar-refractivity contribution >= 4 is 39.5 Å². The topological polar surface area (TPSA) is 46.3 Å². The number of hydrogen-bond acceptors (Lipinski definition) is 3. The zero-order chi connectivity index (χ0) is 11.5. The number of carbonyl (C=O) groups is 1. The molecule has 1 heterocycles. The van der Waals surface area contributed by atoms with E-state index in [9.17, 15) is 4.79 Å². The highest BCUT2D eigenvalue weighted by atomic mass is 79.9. The summed E-state index contributed by atoms with van der Waals surface area (Å²) in [5.74, 6) is 0. The molecule has 0 saturated carbocycles. The molecule has 0 fully saturated rings. The summed E-state index contributed by atoms with van der Waals surface area (Å²) in [6, 6.07) is 6.07. The van der Waals surface area contributed by atoms with Gasteiger partial charge in [-0.05, 0) is 18.6 Å². The molecule has 0 aliphatic carbocycles. The number of carbonyl (C=O) groups excluding carboxylic acids is 1. The zero-order valence-corrected chi connectivity index (χ0v) is 10.4. The second kappa shape index (κ2) is 4.65. The van der Waals surface area contributed by atoms with Crippen LogP contribution in [0, 0.1) is 0 Å². The lowest BCUT2D eigenvalue weighted by molar-refractivity contribution is -0.107. The fourth-order valence-electron chi connectivity index (χ4n) is 1.48. The van der Waals surface area contributed by atoms with E-state index in [2.05, 4.69) is 20.9 Å². The number of anilines is 1. The van der Waals surface area contributed by atoms with Gasteiger partial charge in [0, 0.05) is 11.9 Å². The van der Waals surface area contributed by atoms with E-state index in [1.165, 1.54) is 4.90 Å². The van der Waals surface area contributed by atoms with Gasteiger partial charge in [-0.15, -0.1) is 0 Å². The molecule has 0 aliphatic rings. The Morgan fingerprint density at radius 2 is 2.38 bits per heavy atom. The Bertz CT molecular complexity index is 510. The van der Waals surface area contributed by atoms with Gasteiger partial charge in [0.1, 0.15) is 5.52 Å². The lowest BCUT2D eigenvalue weighted by Crippen LogP contribution is -2.20. The van der Waals surface area contributed by atoms with Crippen LogP contribution < -0.4 is 4.90 Å². The van der Waals surface area contributed by atoms with Crippen LogP contribution in [0.4, 0.5) is 6.01 Å². The quantitative estimate of drug-likeness (QED) is 0.640. The number of halogens is 1. The van der Waals surface area contributed by atoms with E-state index in [0.29, 0.717) is 23.5 Å². The highest BCUT2D eigenvalue weighted by Gasteiger charge is 2.13. The van der Waals surface area contributed by atoms with E-state index in [1.54, 1.807) is 0 Å². The number of nitrogens with zero attached hydrogens (tertiary/aromatic N) is 2. The Labute approximate surface area is 101 Å². The average molecular weight is 283 g/mol. The van der Waals surface area contributed by atoms with Crippen molar-refractivity contribution in [3.8, 4) is 0 Å². The maximum absolute atomic E-state index is 10.8. The third kappa shape index (κ3) is 1.82. The van der Waals surface area contributed by atoms with Crippen LogP contribution in [0.5, 0.6) is 0 Å². The molecule has 1 aromatic heterocycles. The van der Waals surface area contributed by atoms with Gasteiger partial charge < -0.3 is 4.42 Å². The molecular weight excluding hydrogens is 272 g/mol. The van der Waals surface area contributed by atoms with Crippen molar-refractivity contribution in [3.63, 3.8) is 0 Å². The molecule has 0 bridgehead atoms. The first-order chi connectivity index (χ1) is 7.80. The fraction of sp³-hybridized carbons (Fsp3) is 0.273. The summed E-state index contributed by atoms with van der Waals surface area (Å²) in [6.45, 7) is 2.41. The van der Waals surface area contributed by atoms with Crippen molar-refractivity contribution < 1.29 is 9.21 Å². The summed E-state index contributed by atoms with van der Waals surface area (Å²) < 4.78 is 5.52. The van der Waals surface area contributed by atoms with Crippen molar-refractivity contribution in [2.45, 2.75) is 12.3 Å². The molecule has 0 unspecified atom stereocenters. The molecule has 1 amide bonds. The van der Waals surface area contributed by atoms with Crippen LogP contribution in [-0.2, 0) is 10.1 Å². The summed E-state index contributed by atoms with van der Waals surface area (Å²) in [4.78, 5) is 16.5. The van der Waals surface area contributed by atoms with Gasteiger partial charge in [0.2, 0.25) is 6.41 Å². The van der Waals surface area contributed by atoms with Gasteiger partial charge in [0.25, 0.3) is 0 Å². The second-order valence-corrected chi connectivity index (χ2v) is 3.85. The summed E-state index contributed by atoms with van der Waals surface area (Å²) >= 11 is 3.39. The summed E-state index contributed by atoms with van der Waals surface area (Å²) in [5.41, 5.74) is 2.55. The number of alkyl halides is 1. The van der Waals surface area contributed by atoms with Crippen LogP contribution in [0.2, 0.25) is 0 Å². The predicted octanol–water partition coefficient (Wildman–Crippen LogP) is 2.71. The fourth-order valence-corrected chi connectivity index (χ4v) is 1.93. The van der Waals surface area contributed by atoms with Crippen molar-refractivity contribution in [1.29, 1.82) is 0 Å². The Kier molecular flexibility index (Phi) is 3.24. The molecule has 0 saturated heterocycles. The van der Waals surface area contributed by atoms with Crippen LogP contribution in [-0.4, -0.2) is 17.9 Å².